The Balaban J connectivity index is 1.19. The first-order chi connectivity index (χ1) is 19.4. The Morgan fingerprint density at radius 1 is 0.950 bits per heavy atom. The lowest BCUT2D eigenvalue weighted by atomic mass is 9.94. The molecule has 1 aliphatic rings. The highest BCUT2D eigenvalue weighted by molar-refractivity contribution is 5.80. The first-order valence-electron chi connectivity index (χ1n) is 13.2. The van der Waals surface area contributed by atoms with Gasteiger partial charge < -0.3 is 4.90 Å². The zero-order valence-electron chi connectivity index (χ0n) is 22.4. The maximum absolute atomic E-state index is 12.3. The number of aromatic nitrogens is 8. The molecule has 0 unspecified atom stereocenters. The summed E-state index contributed by atoms with van der Waals surface area (Å²) < 4.78 is 3.48. The van der Waals surface area contributed by atoms with E-state index in [-0.39, 0.29) is 17.4 Å². The molecule has 1 fully saturated rings. The summed E-state index contributed by atoms with van der Waals surface area (Å²) in [6, 6.07) is 18.2. The standard InChI is InChI=1S/C30H27N9O/c1-19(27(40)37(2)3)38-18-23(16-33-38)20-6-8-21(9-7-20)26-17-32-29-35-34-28(39(29)36-26)30(12-13-30)24-10-11-25-22(15-24)5-4-14-31-25/h4-11,14-19H,12-13H2,1-3H3/t19-/m1/s1. The Hall–Kier alpha value is -4.99. The minimum atomic E-state index is -0.371. The Morgan fingerprint density at radius 2 is 1.75 bits per heavy atom. The Labute approximate surface area is 230 Å². The summed E-state index contributed by atoms with van der Waals surface area (Å²) in [4.78, 5) is 22.9. The molecule has 0 bridgehead atoms. The molecule has 0 radical (unpaired) electrons. The van der Waals surface area contributed by atoms with E-state index in [2.05, 4.69) is 49.5 Å². The van der Waals surface area contributed by atoms with E-state index in [1.54, 1.807) is 40.6 Å². The first-order valence-corrected chi connectivity index (χ1v) is 13.2. The molecule has 7 rings (SSSR count). The van der Waals surface area contributed by atoms with E-state index in [0.29, 0.717) is 5.78 Å². The zero-order valence-corrected chi connectivity index (χ0v) is 22.4. The van der Waals surface area contributed by atoms with Crippen LogP contribution in [0.1, 0.15) is 37.2 Å². The predicted octanol–water partition coefficient (Wildman–Crippen LogP) is 4.33. The van der Waals surface area contributed by atoms with Gasteiger partial charge in [0, 0.05) is 43.0 Å². The zero-order chi connectivity index (χ0) is 27.4. The normalized spacial score (nSPS) is 14.9. The summed E-state index contributed by atoms with van der Waals surface area (Å²) in [5, 5.41) is 19.3. The monoisotopic (exact) mass is 529 g/mol. The fourth-order valence-corrected chi connectivity index (χ4v) is 5.29. The Morgan fingerprint density at radius 3 is 2.52 bits per heavy atom. The van der Waals surface area contributed by atoms with Gasteiger partial charge in [0.15, 0.2) is 5.82 Å². The van der Waals surface area contributed by atoms with Crippen LogP contribution in [-0.4, -0.2) is 64.5 Å². The molecule has 0 N–H and O–H groups in total. The van der Waals surface area contributed by atoms with Crippen LogP contribution in [0.4, 0.5) is 0 Å². The number of nitrogens with zero attached hydrogens (tertiary/aromatic N) is 9. The van der Waals surface area contributed by atoms with E-state index in [1.165, 1.54) is 5.56 Å². The molecule has 10 heteroatoms. The summed E-state index contributed by atoms with van der Waals surface area (Å²) in [5.41, 5.74) is 5.55. The number of amides is 1. The number of benzene rings is 2. The van der Waals surface area contributed by atoms with E-state index in [1.807, 2.05) is 49.6 Å². The SMILES string of the molecule is C[C@H](C(=O)N(C)C)n1cc(-c2ccc(-c3cnc4nnc(C5(c6ccc7ncccc7c6)CC5)n4n3)cc2)cn1. The van der Waals surface area contributed by atoms with Crippen molar-refractivity contribution in [3.05, 3.63) is 90.8 Å². The smallest absolute Gasteiger partial charge is 0.271 e. The van der Waals surface area contributed by atoms with E-state index < -0.39 is 0 Å². The van der Waals surface area contributed by atoms with Crippen molar-refractivity contribution in [1.82, 2.24) is 44.5 Å². The van der Waals surface area contributed by atoms with E-state index in [4.69, 9.17) is 5.10 Å². The molecule has 0 aliphatic heterocycles. The minimum Gasteiger partial charge on any atom is -0.347 e. The summed E-state index contributed by atoms with van der Waals surface area (Å²) in [7, 11) is 3.49. The molecule has 4 heterocycles. The van der Waals surface area contributed by atoms with Crippen LogP contribution in [0.5, 0.6) is 0 Å². The maximum Gasteiger partial charge on any atom is 0.271 e. The fraction of sp³-hybridized carbons (Fsp3) is 0.233. The number of likely N-dealkylation sites (N-methyl/N-ethyl adjacent to an activating group) is 1. The number of carbonyl (C=O) groups is 1. The third-order valence-electron chi connectivity index (χ3n) is 7.78. The molecule has 1 saturated carbocycles. The largest absolute Gasteiger partial charge is 0.347 e. The molecule has 10 nitrogen and oxygen atoms in total. The Kier molecular flexibility index (Phi) is 5.44. The van der Waals surface area contributed by atoms with Crippen molar-refractivity contribution in [3.8, 4) is 22.4 Å². The van der Waals surface area contributed by atoms with Crippen LogP contribution < -0.4 is 0 Å². The second kappa shape index (κ2) is 9.04. The molecule has 1 atom stereocenters. The topological polar surface area (TPSA) is 107 Å². The molecular weight excluding hydrogens is 502 g/mol. The molecule has 0 spiro atoms. The number of hydrogen-bond acceptors (Lipinski definition) is 7. The van der Waals surface area contributed by atoms with Crippen LogP contribution in [-0.2, 0) is 10.2 Å². The molecule has 6 aromatic rings. The van der Waals surface area contributed by atoms with Crippen molar-refractivity contribution in [2.45, 2.75) is 31.2 Å². The van der Waals surface area contributed by atoms with Crippen molar-refractivity contribution in [1.29, 1.82) is 0 Å². The lowest BCUT2D eigenvalue weighted by Crippen LogP contribution is -2.30. The van der Waals surface area contributed by atoms with Crippen molar-refractivity contribution >= 4 is 22.6 Å². The molecular formula is C30H27N9O. The van der Waals surface area contributed by atoms with Crippen molar-refractivity contribution in [3.63, 3.8) is 0 Å². The lowest BCUT2D eigenvalue weighted by Gasteiger charge is -2.16. The van der Waals surface area contributed by atoms with Gasteiger partial charge in [-0.25, -0.2) is 4.98 Å². The average Bonchev–Trinajstić information content (AvgIpc) is 3.44. The van der Waals surface area contributed by atoms with E-state index in [0.717, 1.165) is 52.0 Å². The molecule has 40 heavy (non-hydrogen) atoms. The number of pyridine rings is 1. The van der Waals surface area contributed by atoms with Crippen LogP contribution in [0.2, 0.25) is 0 Å². The summed E-state index contributed by atoms with van der Waals surface area (Å²) in [6.07, 6.45) is 9.18. The van der Waals surface area contributed by atoms with Gasteiger partial charge in [0.05, 0.1) is 23.3 Å². The van der Waals surface area contributed by atoms with Gasteiger partial charge in [0.1, 0.15) is 11.7 Å². The average molecular weight is 530 g/mol. The third kappa shape index (κ3) is 3.91. The van der Waals surface area contributed by atoms with Crippen molar-refractivity contribution < 1.29 is 4.79 Å². The highest BCUT2D eigenvalue weighted by Crippen LogP contribution is 2.53. The van der Waals surface area contributed by atoms with Crippen LogP contribution in [0.15, 0.2) is 79.4 Å². The van der Waals surface area contributed by atoms with Crippen molar-refractivity contribution in [2.24, 2.45) is 0 Å². The summed E-state index contributed by atoms with van der Waals surface area (Å²) >= 11 is 0. The summed E-state index contributed by atoms with van der Waals surface area (Å²) in [5.74, 6) is 1.29. The van der Waals surface area contributed by atoms with Crippen LogP contribution in [0.25, 0.3) is 39.1 Å². The van der Waals surface area contributed by atoms with Gasteiger partial charge >= 0.3 is 0 Å². The van der Waals surface area contributed by atoms with E-state index in [9.17, 15) is 4.79 Å². The van der Waals surface area contributed by atoms with Crippen LogP contribution >= 0.6 is 0 Å². The quantitative estimate of drug-likeness (QED) is 0.316. The van der Waals surface area contributed by atoms with Gasteiger partial charge in [-0.2, -0.15) is 14.7 Å². The summed E-state index contributed by atoms with van der Waals surface area (Å²) in [6.45, 7) is 1.85. The predicted molar refractivity (Wildman–Crippen MR) is 150 cm³/mol. The molecule has 1 aliphatic carbocycles. The van der Waals surface area contributed by atoms with Crippen LogP contribution in [0, 0.1) is 0 Å². The molecule has 0 saturated heterocycles. The van der Waals surface area contributed by atoms with Gasteiger partial charge in [-0.3, -0.25) is 14.5 Å². The second-order valence-corrected chi connectivity index (χ2v) is 10.6. The number of hydrogen-bond donors (Lipinski definition) is 0. The van der Waals surface area contributed by atoms with Gasteiger partial charge in [0.2, 0.25) is 5.91 Å². The van der Waals surface area contributed by atoms with Crippen LogP contribution in [0.3, 0.4) is 0 Å². The fourth-order valence-electron chi connectivity index (χ4n) is 5.29. The van der Waals surface area contributed by atoms with Gasteiger partial charge in [-0.15, -0.1) is 10.2 Å². The number of carbonyl (C=O) groups excluding carboxylic acids is 1. The Bertz CT molecular complexity index is 1880. The van der Waals surface area contributed by atoms with E-state index >= 15 is 0 Å². The molecule has 4 aromatic heterocycles. The minimum absolute atomic E-state index is 0.00192. The van der Waals surface area contributed by atoms with Crippen molar-refractivity contribution in [2.75, 3.05) is 14.1 Å². The van der Waals surface area contributed by atoms with Gasteiger partial charge in [0.25, 0.3) is 5.78 Å². The number of rotatable bonds is 6. The van der Waals surface area contributed by atoms with Gasteiger partial charge in [-0.05, 0) is 49.1 Å². The molecule has 198 valence electrons. The maximum atomic E-state index is 12.3. The molecule has 2 aromatic carbocycles. The number of fused-ring (bicyclic) bond motifs is 2. The third-order valence-corrected chi connectivity index (χ3v) is 7.78. The second-order valence-electron chi connectivity index (χ2n) is 10.6. The first kappa shape index (κ1) is 24.1. The molecule has 1 amide bonds. The highest BCUT2D eigenvalue weighted by atomic mass is 16.2. The highest BCUT2D eigenvalue weighted by Gasteiger charge is 2.50. The lowest BCUT2D eigenvalue weighted by molar-refractivity contribution is -0.131. The van der Waals surface area contributed by atoms with Gasteiger partial charge in [-0.1, -0.05) is 36.4 Å².